The number of aliphatic carboxylic acids is 1. The summed E-state index contributed by atoms with van der Waals surface area (Å²) in [5, 5.41) is 23.9. The van der Waals surface area contributed by atoms with Gasteiger partial charge in [0.1, 0.15) is 18.1 Å². The number of amides is 3. The van der Waals surface area contributed by atoms with Gasteiger partial charge in [-0.05, 0) is 31.1 Å². The van der Waals surface area contributed by atoms with Crippen molar-refractivity contribution in [2.75, 3.05) is 13.2 Å². The minimum Gasteiger partial charge on any atom is -0.480 e. The van der Waals surface area contributed by atoms with Gasteiger partial charge in [0.15, 0.2) is 0 Å². The highest BCUT2D eigenvalue weighted by molar-refractivity contribution is 5.94. The number of carbonyl (C=O) groups excluding carboxylic acids is 3. The number of aliphatic hydroxyl groups excluding tert-OH is 1. The van der Waals surface area contributed by atoms with E-state index < -0.39 is 54.5 Å². The van der Waals surface area contributed by atoms with Crippen molar-refractivity contribution >= 4 is 23.7 Å². The molecule has 10 heteroatoms. The molecule has 0 aromatic carbocycles. The molecule has 1 heterocycles. The van der Waals surface area contributed by atoms with Gasteiger partial charge in [-0.2, -0.15) is 0 Å². The van der Waals surface area contributed by atoms with E-state index in [0.717, 1.165) is 0 Å². The van der Waals surface area contributed by atoms with Crippen molar-refractivity contribution in [3.63, 3.8) is 0 Å². The summed E-state index contributed by atoms with van der Waals surface area (Å²) in [5.41, 5.74) is 5.78. The fourth-order valence-electron chi connectivity index (χ4n) is 3.22. The lowest BCUT2D eigenvalue weighted by Gasteiger charge is -2.29. The van der Waals surface area contributed by atoms with Crippen LogP contribution in [0.3, 0.4) is 0 Å². The van der Waals surface area contributed by atoms with Crippen molar-refractivity contribution in [3.05, 3.63) is 0 Å². The molecule has 0 aliphatic carbocycles. The first-order valence-corrected chi connectivity index (χ1v) is 10.00. The second kappa shape index (κ2) is 11.1. The molecule has 0 spiro atoms. The largest absolute Gasteiger partial charge is 0.480 e. The fraction of sp³-hybridized carbons (Fsp3) is 0.789. The van der Waals surface area contributed by atoms with Gasteiger partial charge in [-0.1, -0.05) is 27.7 Å². The van der Waals surface area contributed by atoms with Crippen molar-refractivity contribution in [2.45, 2.75) is 71.1 Å². The summed E-state index contributed by atoms with van der Waals surface area (Å²) in [5.74, 6) is -2.92. The first-order chi connectivity index (χ1) is 13.5. The lowest BCUT2D eigenvalue weighted by molar-refractivity contribution is -0.145. The Morgan fingerprint density at radius 2 is 1.72 bits per heavy atom. The molecule has 6 N–H and O–H groups in total. The third kappa shape index (κ3) is 6.97. The Labute approximate surface area is 171 Å². The lowest BCUT2D eigenvalue weighted by Crippen LogP contribution is -2.58. The molecule has 1 aliphatic rings. The molecule has 0 aromatic rings. The molecule has 10 nitrogen and oxygen atoms in total. The summed E-state index contributed by atoms with van der Waals surface area (Å²) in [6.07, 6.45) is 1.21. The van der Waals surface area contributed by atoms with Crippen molar-refractivity contribution in [1.29, 1.82) is 0 Å². The zero-order chi connectivity index (χ0) is 22.3. The van der Waals surface area contributed by atoms with Crippen LogP contribution in [0.2, 0.25) is 0 Å². The van der Waals surface area contributed by atoms with Crippen LogP contribution in [0.1, 0.15) is 47.0 Å². The van der Waals surface area contributed by atoms with E-state index in [1.54, 1.807) is 13.8 Å². The second-order valence-electron chi connectivity index (χ2n) is 8.23. The van der Waals surface area contributed by atoms with Crippen LogP contribution in [0, 0.1) is 11.8 Å². The van der Waals surface area contributed by atoms with E-state index in [0.29, 0.717) is 12.8 Å². The Morgan fingerprint density at radius 1 is 1.10 bits per heavy atom. The topological polar surface area (TPSA) is 162 Å². The normalized spacial score (nSPS) is 19.7. The van der Waals surface area contributed by atoms with Crippen LogP contribution in [0.15, 0.2) is 0 Å². The highest BCUT2D eigenvalue weighted by atomic mass is 16.4. The van der Waals surface area contributed by atoms with E-state index in [1.165, 1.54) is 4.90 Å². The SMILES string of the molecule is CC(C)CC(NC(=O)C1CCCN1C(=O)C(CO)NC(=O)C(N)C(C)C)C(=O)O. The van der Waals surface area contributed by atoms with E-state index in [-0.39, 0.29) is 24.8 Å². The molecule has 1 rings (SSSR count). The van der Waals surface area contributed by atoms with Crippen LogP contribution in [0.25, 0.3) is 0 Å². The zero-order valence-corrected chi connectivity index (χ0v) is 17.6. The number of hydrogen-bond acceptors (Lipinski definition) is 6. The lowest BCUT2D eigenvalue weighted by atomic mass is 10.0. The number of nitrogens with two attached hydrogens (primary N) is 1. The van der Waals surface area contributed by atoms with Crippen LogP contribution in [0.5, 0.6) is 0 Å². The minimum atomic E-state index is -1.22. The number of hydrogen-bond donors (Lipinski definition) is 5. The molecular formula is C19H34N4O6. The molecule has 0 aromatic heterocycles. The van der Waals surface area contributed by atoms with Gasteiger partial charge < -0.3 is 31.5 Å². The van der Waals surface area contributed by atoms with Crippen LogP contribution in [0.4, 0.5) is 0 Å². The monoisotopic (exact) mass is 414 g/mol. The van der Waals surface area contributed by atoms with Gasteiger partial charge in [0.2, 0.25) is 17.7 Å². The quantitative estimate of drug-likeness (QED) is 0.308. The maximum Gasteiger partial charge on any atom is 0.326 e. The maximum atomic E-state index is 12.8. The Bertz CT molecular complexity index is 610. The second-order valence-corrected chi connectivity index (χ2v) is 8.23. The average Bonchev–Trinajstić information content (AvgIpc) is 3.13. The molecule has 166 valence electrons. The van der Waals surface area contributed by atoms with Gasteiger partial charge in [-0.3, -0.25) is 14.4 Å². The molecule has 0 radical (unpaired) electrons. The fourth-order valence-corrected chi connectivity index (χ4v) is 3.22. The van der Waals surface area contributed by atoms with E-state index >= 15 is 0 Å². The number of nitrogens with one attached hydrogen (secondary N) is 2. The Balaban J connectivity index is 2.84. The molecular weight excluding hydrogens is 380 g/mol. The van der Waals surface area contributed by atoms with Gasteiger partial charge in [-0.25, -0.2) is 4.79 Å². The van der Waals surface area contributed by atoms with Crippen molar-refractivity contribution < 1.29 is 29.4 Å². The van der Waals surface area contributed by atoms with Crippen molar-refractivity contribution in [1.82, 2.24) is 15.5 Å². The first kappa shape index (κ1) is 24.8. The van der Waals surface area contributed by atoms with Crippen LogP contribution in [-0.4, -0.2) is 76.1 Å². The number of likely N-dealkylation sites (tertiary alicyclic amines) is 1. The molecule has 4 unspecified atom stereocenters. The van der Waals surface area contributed by atoms with E-state index in [4.69, 9.17) is 5.73 Å². The van der Waals surface area contributed by atoms with Crippen LogP contribution in [-0.2, 0) is 19.2 Å². The molecule has 0 bridgehead atoms. The highest BCUT2D eigenvalue weighted by Crippen LogP contribution is 2.19. The van der Waals surface area contributed by atoms with Gasteiger partial charge in [0.25, 0.3) is 0 Å². The molecule has 1 fully saturated rings. The molecule has 0 saturated carbocycles. The number of aliphatic hydroxyl groups is 1. The van der Waals surface area contributed by atoms with E-state index in [9.17, 15) is 29.4 Å². The number of carbonyl (C=O) groups is 4. The molecule has 1 saturated heterocycles. The summed E-state index contributed by atoms with van der Waals surface area (Å²) in [6.45, 7) is 6.87. The van der Waals surface area contributed by atoms with Gasteiger partial charge in [0, 0.05) is 6.54 Å². The summed E-state index contributed by atoms with van der Waals surface area (Å²) in [7, 11) is 0. The molecule has 29 heavy (non-hydrogen) atoms. The maximum absolute atomic E-state index is 12.8. The number of carboxylic acids is 1. The standard InChI is InChI=1S/C19H34N4O6/c1-10(2)8-12(19(28)29)21-16(25)14-6-5-7-23(14)18(27)13(9-24)22-17(26)15(20)11(3)4/h10-15,24H,5-9,20H2,1-4H3,(H,21,25)(H,22,26)(H,28,29). The number of carboxylic acid groups (broad SMARTS) is 1. The molecule has 1 aliphatic heterocycles. The summed E-state index contributed by atoms with van der Waals surface area (Å²) >= 11 is 0. The summed E-state index contributed by atoms with van der Waals surface area (Å²) in [4.78, 5) is 50.3. The van der Waals surface area contributed by atoms with Gasteiger partial charge >= 0.3 is 5.97 Å². The number of rotatable bonds is 10. The van der Waals surface area contributed by atoms with E-state index in [2.05, 4.69) is 10.6 Å². The third-order valence-electron chi connectivity index (χ3n) is 4.98. The van der Waals surface area contributed by atoms with Gasteiger partial charge in [0.05, 0.1) is 12.6 Å². The van der Waals surface area contributed by atoms with Crippen molar-refractivity contribution in [3.8, 4) is 0 Å². The van der Waals surface area contributed by atoms with E-state index in [1.807, 2.05) is 13.8 Å². The smallest absolute Gasteiger partial charge is 0.326 e. The van der Waals surface area contributed by atoms with Crippen LogP contribution < -0.4 is 16.4 Å². The molecule has 3 amide bonds. The van der Waals surface area contributed by atoms with Crippen molar-refractivity contribution in [2.24, 2.45) is 17.6 Å². The zero-order valence-electron chi connectivity index (χ0n) is 17.6. The average molecular weight is 415 g/mol. The summed E-state index contributed by atoms with van der Waals surface area (Å²) in [6, 6.07) is -3.94. The first-order valence-electron chi connectivity index (χ1n) is 10.00. The summed E-state index contributed by atoms with van der Waals surface area (Å²) < 4.78 is 0. The molecule has 4 atom stereocenters. The Hall–Kier alpha value is -2.20. The number of nitrogens with zero attached hydrogens (tertiary/aromatic N) is 1. The highest BCUT2D eigenvalue weighted by Gasteiger charge is 2.39. The Morgan fingerprint density at radius 3 is 2.21 bits per heavy atom. The van der Waals surface area contributed by atoms with Gasteiger partial charge in [-0.15, -0.1) is 0 Å². The van der Waals surface area contributed by atoms with Crippen LogP contribution >= 0.6 is 0 Å². The predicted molar refractivity (Wildman–Crippen MR) is 106 cm³/mol. The third-order valence-corrected chi connectivity index (χ3v) is 4.98. The minimum absolute atomic E-state index is 0.0665. The Kier molecular flexibility index (Phi) is 9.51. The predicted octanol–water partition coefficient (Wildman–Crippen LogP) is -0.947.